The molecule has 0 bridgehead atoms. The molecular formula is C20H27N5O3. The summed E-state index contributed by atoms with van der Waals surface area (Å²) in [5.41, 5.74) is 2.51. The van der Waals surface area contributed by atoms with Crippen molar-refractivity contribution in [2.24, 2.45) is 5.41 Å². The van der Waals surface area contributed by atoms with E-state index < -0.39 is 5.41 Å². The standard InChI is InChI=1S/C20H27N5O3/c1-13-9-14(2)25-17(21-13)10-16(22-25)18(26)24-7-5-20(6-8-24)11-15(28-4)12-23(3)19(20)27/h9-10,15H,5-8,11-12H2,1-4H3. The van der Waals surface area contributed by atoms with Crippen molar-refractivity contribution >= 4 is 17.5 Å². The van der Waals surface area contributed by atoms with Crippen LogP contribution in [0.25, 0.3) is 5.65 Å². The maximum atomic E-state index is 13.0. The normalized spacial score (nSPS) is 22.3. The van der Waals surface area contributed by atoms with E-state index in [2.05, 4.69) is 10.1 Å². The second kappa shape index (κ2) is 6.84. The highest BCUT2D eigenvalue weighted by molar-refractivity contribution is 5.93. The lowest BCUT2D eigenvalue weighted by molar-refractivity contribution is -0.155. The number of likely N-dealkylation sites (tertiary alicyclic amines) is 2. The highest BCUT2D eigenvalue weighted by Gasteiger charge is 2.48. The minimum Gasteiger partial charge on any atom is -0.380 e. The van der Waals surface area contributed by atoms with Gasteiger partial charge in [-0.1, -0.05) is 0 Å². The molecule has 8 heteroatoms. The zero-order chi connectivity index (χ0) is 20.1. The van der Waals surface area contributed by atoms with Gasteiger partial charge in [0.2, 0.25) is 5.91 Å². The summed E-state index contributed by atoms with van der Waals surface area (Å²) < 4.78 is 7.24. The predicted molar refractivity (Wildman–Crippen MR) is 103 cm³/mol. The van der Waals surface area contributed by atoms with Gasteiger partial charge in [0.25, 0.3) is 5.91 Å². The summed E-state index contributed by atoms with van der Waals surface area (Å²) in [4.78, 5) is 33.9. The third-order valence-corrected chi connectivity index (χ3v) is 6.19. The lowest BCUT2D eigenvalue weighted by Gasteiger charge is -2.47. The molecule has 2 amide bonds. The van der Waals surface area contributed by atoms with Gasteiger partial charge in [-0.25, -0.2) is 9.50 Å². The van der Waals surface area contributed by atoms with Crippen LogP contribution in [-0.2, 0) is 9.53 Å². The zero-order valence-corrected chi connectivity index (χ0v) is 16.9. The molecule has 0 aromatic carbocycles. The fraction of sp³-hybridized carbons (Fsp3) is 0.600. The summed E-state index contributed by atoms with van der Waals surface area (Å²) in [7, 11) is 3.53. The van der Waals surface area contributed by atoms with E-state index >= 15 is 0 Å². The number of aryl methyl sites for hydroxylation is 2. The van der Waals surface area contributed by atoms with Crippen molar-refractivity contribution in [1.29, 1.82) is 0 Å². The summed E-state index contributed by atoms with van der Waals surface area (Å²) in [6.07, 6.45) is 2.10. The van der Waals surface area contributed by atoms with E-state index in [9.17, 15) is 9.59 Å². The number of methoxy groups -OCH3 is 1. The van der Waals surface area contributed by atoms with Crippen LogP contribution in [0.2, 0.25) is 0 Å². The molecule has 8 nitrogen and oxygen atoms in total. The average molecular weight is 385 g/mol. The summed E-state index contributed by atoms with van der Waals surface area (Å²) in [5, 5.41) is 4.45. The van der Waals surface area contributed by atoms with Crippen LogP contribution in [-0.4, -0.2) is 76.1 Å². The van der Waals surface area contributed by atoms with Crippen LogP contribution in [0.3, 0.4) is 0 Å². The molecule has 2 aliphatic rings. The summed E-state index contributed by atoms with van der Waals surface area (Å²) in [6.45, 7) is 5.61. The second-order valence-electron chi connectivity index (χ2n) is 8.16. The first-order chi connectivity index (χ1) is 13.3. The van der Waals surface area contributed by atoms with E-state index in [4.69, 9.17) is 4.74 Å². The quantitative estimate of drug-likeness (QED) is 0.782. The molecule has 150 valence electrons. The first-order valence-corrected chi connectivity index (χ1v) is 9.75. The van der Waals surface area contributed by atoms with Crippen molar-refractivity contribution in [3.63, 3.8) is 0 Å². The number of piperidine rings is 2. The molecule has 2 aliphatic heterocycles. The number of carbonyl (C=O) groups is 2. The Hall–Kier alpha value is -2.48. The van der Waals surface area contributed by atoms with Crippen molar-refractivity contribution < 1.29 is 14.3 Å². The number of likely N-dealkylation sites (N-methyl/N-ethyl adjacent to an activating group) is 1. The van der Waals surface area contributed by atoms with Crippen molar-refractivity contribution in [2.75, 3.05) is 33.8 Å². The molecule has 1 atom stereocenters. The van der Waals surface area contributed by atoms with Crippen molar-refractivity contribution in [3.8, 4) is 0 Å². The number of aromatic nitrogens is 3. The summed E-state index contributed by atoms with van der Waals surface area (Å²) in [6, 6.07) is 3.68. The zero-order valence-electron chi connectivity index (χ0n) is 16.9. The molecular weight excluding hydrogens is 358 g/mol. The molecule has 2 aromatic rings. The highest BCUT2D eigenvalue weighted by Crippen LogP contribution is 2.41. The van der Waals surface area contributed by atoms with E-state index in [1.807, 2.05) is 27.0 Å². The number of carbonyl (C=O) groups excluding carboxylic acids is 2. The lowest BCUT2D eigenvalue weighted by Crippen LogP contribution is -2.57. The molecule has 2 fully saturated rings. The molecule has 4 rings (SSSR count). The van der Waals surface area contributed by atoms with E-state index in [1.165, 1.54) is 0 Å². The molecule has 2 saturated heterocycles. The van der Waals surface area contributed by atoms with Crippen LogP contribution in [0.15, 0.2) is 12.1 Å². The van der Waals surface area contributed by atoms with Gasteiger partial charge in [0.15, 0.2) is 11.3 Å². The van der Waals surface area contributed by atoms with Gasteiger partial charge in [0.1, 0.15) is 0 Å². The Bertz CT molecular complexity index is 929. The number of nitrogens with zero attached hydrogens (tertiary/aromatic N) is 5. The molecule has 0 saturated carbocycles. The molecule has 0 aliphatic carbocycles. The topological polar surface area (TPSA) is 80.0 Å². The molecule has 1 spiro atoms. The van der Waals surface area contributed by atoms with E-state index in [0.29, 0.717) is 43.8 Å². The van der Waals surface area contributed by atoms with Gasteiger partial charge in [-0.15, -0.1) is 0 Å². The van der Waals surface area contributed by atoms with Crippen molar-refractivity contribution in [1.82, 2.24) is 24.4 Å². The number of ether oxygens (including phenoxy) is 1. The number of rotatable bonds is 2. The van der Waals surface area contributed by atoms with Crippen molar-refractivity contribution in [2.45, 2.75) is 39.2 Å². The van der Waals surface area contributed by atoms with Crippen LogP contribution in [0.1, 0.15) is 41.1 Å². The Balaban J connectivity index is 1.51. The van der Waals surface area contributed by atoms with Crippen LogP contribution >= 0.6 is 0 Å². The maximum Gasteiger partial charge on any atom is 0.274 e. The molecule has 0 N–H and O–H groups in total. The van der Waals surface area contributed by atoms with Gasteiger partial charge in [-0.05, 0) is 39.2 Å². The van der Waals surface area contributed by atoms with Crippen molar-refractivity contribution in [3.05, 3.63) is 29.2 Å². The van der Waals surface area contributed by atoms with Gasteiger partial charge < -0.3 is 14.5 Å². The fourth-order valence-corrected chi connectivity index (χ4v) is 4.65. The molecule has 0 radical (unpaired) electrons. The lowest BCUT2D eigenvalue weighted by atomic mass is 9.71. The van der Waals surface area contributed by atoms with Gasteiger partial charge >= 0.3 is 0 Å². The number of fused-ring (bicyclic) bond motifs is 1. The molecule has 1 unspecified atom stereocenters. The van der Waals surface area contributed by atoms with Crippen LogP contribution in [0.5, 0.6) is 0 Å². The molecule has 2 aromatic heterocycles. The molecule has 4 heterocycles. The Morgan fingerprint density at radius 2 is 1.96 bits per heavy atom. The number of amides is 2. The Morgan fingerprint density at radius 1 is 1.25 bits per heavy atom. The maximum absolute atomic E-state index is 13.0. The van der Waals surface area contributed by atoms with Crippen LogP contribution < -0.4 is 0 Å². The third kappa shape index (κ3) is 3.05. The van der Waals surface area contributed by atoms with E-state index in [1.54, 1.807) is 27.5 Å². The Morgan fingerprint density at radius 3 is 2.64 bits per heavy atom. The summed E-state index contributed by atoms with van der Waals surface area (Å²) >= 11 is 0. The van der Waals surface area contributed by atoms with Crippen LogP contribution in [0, 0.1) is 19.3 Å². The van der Waals surface area contributed by atoms with Gasteiger partial charge in [-0.3, -0.25) is 9.59 Å². The summed E-state index contributed by atoms with van der Waals surface area (Å²) in [5.74, 6) is 0.0771. The minimum atomic E-state index is -0.418. The second-order valence-corrected chi connectivity index (χ2v) is 8.16. The first-order valence-electron chi connectivity index (χ1n) is 9.75. The highest BCUT2D eigenvalue weighted by atomic mass is 16.5. The fourth-order valence-electron chi connectivity index (χ4n) is 4.65. The van der Waals surface area contributed by atoms with Gasteiger partial charge in [0, 0.05) is 51.2 Å². The number of hydrogen-bond acceptors (Lipinski definition) is 5. The average Bonchev–Trinajstić information content (AvgIpc) is 3.10. The van der Waals surface area contributed by atoms with Gasteiger partial charge in [0.05, 0.1) is 11.5 Å². The first kappa shape index (κ1) is 18.9. The largest absolute Gasteiger partial charge is 0.380 e. The SMILES string of the molecule is COC1CN(C)C(=O)C2(CCN(C(=O)c3cc4nc(C)cc(C)n4n3)CC2)C1. The molecule has 28 heavy (non-hydrogen) atoms. The minimum absolute atomic E-state index is 0.0562. The Kier molecular flexibility index (Phi) is 4.61. The monoisotopic (exact) mass is 385 g/mol. The van der Waals surface area contributed by atoms with Gasteiger partial charge in [-0.2, -0.15) is 5.10 Å². The number of hydrogen-bond donors (Lipinski definition) is 0. The smallest absolute Gasteiger partial charge is 0.274 e. The third-order valence-electron chi connectivity index (χ3n) is 6.19. The van der Waals surface area contributed by atoms with Crippen LogP contribution in [0.4, 0.5) is 0 Å². The predicted octanol–water partition coefficient (Wildman–Crippen LogP) is 1.45. The Labute approximate surface area is 164 Å². The van der Waals surface area contributed by atoms with E-state index in [-0.39, 0.29) is 17.9 Å². The van der Waals surface area contributed by atoms with E-state index in [0.717, 1.165) is 17.8 Å².